The number of ketones is 1. The fourth-order valence-corrected chi connectivity index (χ4v) is 4.57. The molecule has 0 bridgehead atoms. The molecule has 0 aromatic carbocycles. The van der Waals surface area contributed by atoms with Gasteiger partial charge in [0.25, 0.3) is 11.8 Å². The third-order valence-corrected chi connectivity index (χ3v) is 6.59. The molecule has 2 aliphatic rings. The molecule has 31 heavy (non-hydrogen) atoms. The van der Waals surface area contributed by atoms with E-state index in [1.54, 1.807) is 13.1 Å². The van der Waals surface area contributed by atoms with Crippen molar-refractivity contribution in [1.82, 2.24) is 15.2 Å². The molecule has 1 aliphatic heterocycles. The van der Waals surface area contributed by atoms with Crippen LogP contribution in [0.4, 0.5) is 10.7 Å². The van der Waals surface area contributed by atoms with Crippen molar-refractivity contribution in [2.75, 3.05) is 43.4 Å². The first-order chi connectivity index (χ1) is 14.9. The van der Waals surface area contributed by atoms with Crippen molar-refractivity contribution < 1.29 is 14.4 Å². The Morgan fingerprint density at radius 2 is 1.90 bits per heavy atom. The molecule has 3 heterocycles. The molecule has 0 atom stereocenters. The maximum absolute atomic E-state index is 12.0. The highest BCUT2D eigenvalue weighted by atomic mass is 32.1. The molecule has 0 radical (unpaired) electrons. The van der Waals surface area contributed by atoms with E-state index in [0.717, 1.165) is 67.5 Å². The summed E-state index contributed by atoms with van der Waals surface area (Å²) in [5, 5.41) is 8.11. The average molecular weight is 442 g/mol. The molecule has 0 unspecified atom stereocenters. The SMILES string of the molecule is CNC(=O)c1ccc(N2CCN(Cc3csc(NC(=O)C(=O)C4CC4)c3)CC2)c(C)n1. The summed E-state index contributed by atoms with van der Waals surface area (Å²) in [5.41, 5.74) is 3.49. The zero-order valence-corrected chi connectivity index (χ0v) is 18.6. The van der Waals surface area contributed by atoms with E-state index in [4.69, 9.17) is 0 Å². The van der Waals surface area contributed by atoms with E-state index in [9.17, 15) is 14.4 Å². The number of thiophene rings is 1. The molecule has 4 rings (SSSR count). The smallest absolute Gasteiger partial charge is 0.292 e. The highest BCUT2D eigenvalue weighted by molar-refractivity contribution is 7.14. The van der Waals surface area contributed by atoms with Gasteiger partial charge in [-0.05, 0) is 48.9 Å². The van der Waals surface area contributed by atoms with Crippen LogP contribution >= 0.6 is 11.3 Å². The third kappa shape index (κ3) is 5.11. The lowest BCUT2D eigenvalue weighted by Gasteiger charge is -2.36. The van der Waals surface area contributed by atoms with E-state index < -0.39 is 5.91 Å². The highest BCUT2D eigenvalue weighted by Gasteiger charge is 2.34. The minimum absolute atomic E-state index is 0.0606. The quantitative estimate of drug-likeness (QED) is 0.639. The summed E-state index contributed by atoms with van der Waals surface area (Å²) < 4.78 is 0. The molecule has 2 fully saturated rings. The zero-order valence-electron chi connectivity index (χ0n) is 17.8. The molecule has 2 aromatic heterocycles. The van der Waals surface area contributed by atoms with Gasteiger partial charge in [-0.3, -0.25) is 19.3 Å². The first-order valence-electron chi connectivity index (χ1n) is 10.5. The topological polar surface area (TPSA) is 94.6 Å². The van der Waals surface area contributed by atoms with Gasteiger partial charge in [-0.2, -0.15) is 0 Å². The molecule has 2 N–H and O–H groups in total. The van der Waals surface area contributed by atoms with Crippen molar-refractivity contribution in [2.24, 2.45) is 5.92 Å². The monoisotopic (exact) mass is 441 g/mol. The number of hydrogen-bond donors (Lipinski definition) is 2. The molecule has 2 amide bonds. The highest BCUT2D eigenvalue weighted by Crippen LogP contribution is 2.31. The number of carbonyl (C=O) groups is 3. The number of aryl methyl sites for hydroxylation is 1. The Bertz CT molecular complexity index is 993. The molecule has 1 saturated heterocycles. The largest absolute Gasteiger partial charge is 0.368 e. The summed E-state index contributed by atoms with van der Waals surface area (Å²) >= 11 is 1.46. The van der Waals surface area contributed by atoms with Gasteiger partial charge in [0, 0.05) is 45.7 Å². The Morgan fingerprint density at radius 3 is 2.55 bits per heavy atom. The maximum atomic E-state index is 12.0. The Morgan fingerprint density at radius 1 is 1.16 bits per heavy atom. The van der Waals surface area contributed by atoms with Crippen LogP contribution in [-0.2, 0) is 16.1 Å². The van der Waals surface area contributed by atoms with Gasteiger partial charge in [0.05, 0.1) is 16.4 Å². The predicted octanol–water partition coefficient (Wildman–Crippen LogP) is 2.05. The van der Waals surface area contributed by atoms with Gasteiger partial charge >= 0.3 is 0 Å². The summed E-state index contributed by atoms with van der Waals surface area (Å²) in [5.74, 6) is -1.02. The van der Waals surface area contributed by atoms with Crippen LogP contribution in [0, 0.1) is 12.8 Å². The van der Waals surface area contributed by atoms with Crippen LogP contribution in [0.1, 0.15) is 34.6 Å². The average Bonchev–Trinajstić information content (AvgIpc) is 3.54. The Kier molecular flexibility index (Phi) is 6.33. The van der Waals surface area contributed by atoms with Crippen molar-refractivity contribution in [3.05, 3.63) is 40.5 Å². The van der Waals surface area contributed by atoms with Crippen molar-refractivity contribution in [3.8, 4) is 0 Å². The summed E-state index contributed by atoms with van der Waals surface area (Å²) in [6.07, 6.45) is 1.67. The molecule has 0 spiro atoms. The molecule has 1 aliphatic carbocycles. The maximum Gasteiger partial charge on any atom is 0.292 e. The van der Waals surface area contributed by atoms with Crippen LogP contribution in [0.5, 0.6) is 0 Å². The lowest BCUT2D eigenvalue weighted by molar-refractivity contribution is -0.135. The summed E-state index contributed by atoms with van der Waals surface area (Å²) in [6, 6.07) is 5.70. The number of aromatic nitrogens is 1. The second-order valence-electron chi connectivity index (χ2n) is 8.06. The minimum Gasteiger partial charge on any atom is -0.368 e. The van der Waals surface area contributed by atoms with Crippen LogP contribution in [-0.4, -0.2) is 60.7 Å². The fourth-order valence-electron chi connectivity index (χ4n) is 3.78. The van der Waals surface area contributed by atoms with E-state index >= 15 is 0 Å². The molecule has 164 valence electrons. The molecular weight excluding hydrogens is 414 g/mol. The number of rotatable bonds is 7. The van der Waals surface area contributed by atoms with E-state index in [2.05, 4.69) is 25.4 Å². The van der Waals surface area contributed by atoms with Crippen LogP contribution in [0.3, 0.4) is 0 Å². The number of Topliss-reactive ketones (excluding diaryl/α,β-unsaturated/α-hetero) is 1. The van der Waals surface area contributed by atoms with Crippen LogP contribution in [0.25, 0.3) is 0 Å². The van der Waals surface area contributed by atoms with Crippen LogP contribution in [0.15, 0.2) is 23.6 Å². The number of piperazine rings is 1. The van der Waals surface area contributed by atoms with E-state index in [1.807, 2.05) is 24.4 Å². The Balaban J connectivity index is 1.29. The third-order valence-electron chi connectivity index (χ3n) is 5.70. The summed E-state index contributed by atoms with van der Waals surface area (Å²) in [4.78, 5) is 44.7. The van der Waals surface area contributed by atoms with Crippen LogP contribution < -0.4 is 15.5 Å². The van der Waals surface area contributed by atoms with Gasteiger partial charge in [-0.15, -0.1) is 11.3 Å². The predicted molar refractivity (Wildman–Crippen MR) is 121 cm³/mol. The lowest BCUT2D eigenvalue weighted by Crippen LogP contribution is -2.46. The molecule has 2 aromatic rings. The second kappa shape index (κ2) is 9.15. The first-order valence-corrected chi connectivity index (χ1v) is 11.4. The molecule has 8 nitrogen and oxygen atoms in total. The van der Waals surface area contributed by atoms with Crippen molar-refractivity contribution in [1.29, 1.82) is 0 Å². The lowest BCUT2D eigenvalue weighted by atomic mass is 10.2. The number of carbonyl (C=O) groups excluding carboxylic acids is 3. The van der Waals surface area contributed by atoms with E-state index in [-0.39, 0.29) is 17.6 Å². The molecule has 9 heteroatoms. The second-order valence-corrected chi connectivity index (χ2v) is 8.97. The van der Waals surface area contributed by atoms with E-state index in [0.29, 0.717) is 5.69 Å². The van der Waals surface area contributed by atoms with Gasteiger partial charge in [0.15, 0.2) is 0 Å². The number of hydrogen-bond acceptors (Lipinski definition) is 7. The van der Waals surface area contributed by atoms with Crippen LogP contribution in [0.2, 0.25) is 0 Å². The fraction of sp³-hybridized carbons (Fsp3) is 0.455. The van der Waals surface area contributed by atoms with Gasteiger partial charge < -0.3 is 15.5 Å². The number of pyridine rings is 1. The van der Waals surface area contributed by atoms with Crippen molar-refractivity contribution >= 4 is 39.6 Å². The molecule has 1 saturated carbocycles. The first kappa shape index (κ1) is 21.5. The molecular formula is C22H27N5O3S. The van der Waals surface area contributed by atoms with Crippen molar-refractivity contribution in [3.63, 3.8) is 0 Å². The van der Waals surface area contributed by atoms with Gasteiger partial charge in [0.1, 0.15) is 5.69 Å². The van der Waals surface area contributed by atoms with Crippen molar-refractivity contribution in [2.45, 2.75) is 26.3 Å². The summed E-state index contributed by atoms with van der Waals surface area (Å²) in [7, 11) is 1.60. The minimum atomic E-state index is -0.490. The normalized spacial score (nSPS) is 16.8. The standard InChI is InChI=1S/C22H27N5O3S/c1-14-18(6-5-17(24-14)21(29)23-2)27-9-7-26(8-10-27)12-15-11-19(31-13-15)25-22(30)20(28)16-3-4-16/h5-6,11,13,16H,3-4,7-10,12H2,1-2H3,(H,23,29)(H,25,30). The van der Waals surface area contributed by atoms with Gasteiger partial charge in [-0.1, -0.05) is 0 Å². The van der Waals surface area contributed by atoms with Gasteiger partial charge in [0.2, 0.25) is 5.78 Å². The number of nitrogens with zero attached hydrogens (tertiary/aromatic N) is 3. The zero-order chi connectivity index (χ0) is 22.0. The summed E-state index contributed by atoms with van der Waals surface area (Å²) in [6.45, 7) is 6.33. The Labute approximate surface area is 185 Å². The Hall–Kier alpha value is -2.78. The number of amides is 2. The number of nitrogens with one attached hydrogen (secondary N) is 2. The van der Waals surface area contributed by atoms with Gasteiger partial charge in [-0.25, -0.2) is 4.98 Å². The van der Waals surface area contributed by atoms with E-state index in [1.165, 1.54) is 11.3 Å². The number of anilines is 2.